The van der Waals surface area contributed by atoms with Crippen molar-refractivity contribution in [2.45, 2.75) is 25.3 Å². The van der Waals surface area contributed by atoms with Crippen LogP contribution in [0, 0.1) is 0 Å². The Hall–Kier alpha value is -0.700. The Morgan fingerprint density at radius 2 is 2.00 bits per heavy atom. The lowest BCUT2D eigenvalue weighted by Gasteiger charge is -2.20. The summed E-state index contributed by atoms with van der Waals surface area (Å²) < 4.78 is 5.29. The van der Waals surface area contributed by atoms with E-state index in [-0.39, 0.29) is 6.04 Å². The number of halogens is 2. The van der Waals surface area contributed by atoms with Gasteiger partial charge in [-0.1, -0.05) is 29.3 Å². The van der Waals surface area contributed by atoms with Crippen molar-refractivity contribution in [2.24, 2.45) is 5.73 Å². The molecule has 0 fully saturated rings. The summed E-state index contributed by atoms with van der Waals surface area (Å²) in [6.07, 6.45) is 4.44. The van der Waals surface area contributed by atoms with E-state index < -0.39 is 0 Å². The molecule has 1 aliphatic rings. The minimum atomic E-state index is -0.0762. The molecule has 1 aromatic rings. The van der Waals surface area contributed by atoms with Crippen LogP contribution in [0.1, 0.15) is 18.4 Å². The Morgan fingerprint density at radius 3 is 2.59 bits per heavy atom. The lowest BCUT2D eigenvalue weighted by molar-refractivity contribution is 0.221. The van der Waals surface area contributed by atoms with Crippen LogP contribution in [-0.2, 0) is 11.2 Å². The Bertz CT molecular complexity index is 411. The molecule has 1 heterocycles. The smallest absolute Gasteiger partial charge is 0.0876 e. The van der Waals surface area contributed by atoms with Crippen molar-refractivity contribution in [2.75, 3.05) is 6.61 Å². The van der Waals surface area contributed by atoms with Gasteiger partial charge in [-0.2, -0.15) is 0 Å². The van der Waals surface area contributed by atoms with Gasteiger partial charge in [-0.25, -0.2) is 0 Å². The maximum atomic E-state index is 6.15. The van der Waals surface area contributed by atoms with Crippen LogP contribution >= 0.6 is 23.2 Å². The maximum Gasteiger partial charge on any atom is 0.0876 e. The lowest BCUT2D eigenvalue weighted by atomic mass is 9.96. The third kappa shape index (κ3) is 3.15. The van der Waals surface area contributed by atoms with E-state index in [4.69, 9.17) is 33.7 Å². The molecule has 1 atom stereocenters. The number of nitrogens with two attached hydrogens (primary N) is 1. The summed E-state index contributed by atoms with van der Waals surface area (Å²) in [6, 6.07) is 5.43. The van der Waals surface area contributed by atoms with Gasteiger partial charge in [-0.05, 0) is 42.5 Å². The first-order chi connectivity index (χ1) is 8.18. The van der Waals surface area contributed by atoms with Crippen LogP contribution in [-0.4, -0.2) is 12.6 Å². The quantitative estimate of drug-likeness (QED) is 0.913. The highest BCUT2D eigenvalue weighted by Gasteiger charge is 2.16. The highest BCUT2D eigenvalue weighted by molar-refractivity contribution is 6.36. The molecule has 17 heavy (non-hydrogen) atoms. The molecule has 2 N–H and O–H groups in total. The summed E-state index contributed by atoms with van der Waals surface area (Å²) in [5.41, 5.74) is 8.20. The number of rotatable bonds is 3. The Morgan fingerprint density at radius 1 is 1.29 bits per heavy atom. The minimum absolute atomic E-state index is 0.0762. The fraction of sp³-hybridized carbons (Fsp3) is 0.385. The lowest BCUT2D eigenvalue weighted by Crippen LogP contribution is -2.27. The van der Waals surface area contributed by atoms with Crippen molar-refractivity contribution in [3.8, 4) is 0 Å². The third-order valence-electron chi connectivity index (χ3n) is 2.92. The number of benzene rings is 1. The average molecular weight is 272 g/mol. The standard InChI is InChI=1S/C13H15Cl2NO/c14-11-4-1-5-12(15)10(11)7-13(16)9-3-2-6-17-8-9/h1,4-5,8,13H,2-3,6-7,16H2. The van der Waals surface area contributed by atoms with E-state index in [1.165, 1.54) is 0 Å². The molecule has 0 radical (unpaired) electrons. The predicted octanol–water partition coefficient (Wildman–Crippen LogP) is 3.56. The summed E-state index contributed by atoms with van der Waals surface area (Å²) in [6.45, 7) is 0.781. The molecule has 0 bridgehead atoms. The van der Waals surface area contributed by atoms with Crippen molar-refractivity contribution < 1.29 is 4.74 Å². The van der Waals surface area contributed by atoms with Gasteiger partial charge >= 0.3 is 0 Å². The number of hydrogen-bond acceptors (Lipinski definition) is 2. The average Bonchev–Trinajstić information content (AvgIpc) is 2.35. The molecule has 0 aromatic heterocycles. The second-order valence-corrected chi connectivity index (χ2v) is 4.99. The molecule has 0 spiro atoms. The predicted molar refractivity (Wildman–Crippen MR) is 71.4 cm³/mol. The zero-order valence-electron chi connectivity index (χ0n) is 9.46. The first-order valence-corrected chi connectivity index (χ1v) is 6.43. The molecule has 1 aromatic carbocycles. The molecule has 1 aliphatic heterocycles. The number of hydrogen-bond donors (Lipinski definition) is 1. The molecule has 0 amide bonds. The molecule has 2 rings (SSSR count). The van der Waals surface area contributed by atoms with Crippen molar-refractivity contribution in [1.29, 1.82) is 0 Å². The van der Waals surface area contributed by atoms with Crippen LogP contribution in [0.2, 0.25) is 10.0 Å². The van der Waals surface area contributed by atoms with Gasteiger partial charge in [0, 0.05) is 16.1 Å². The second-order valence-electron chi connectivity index (χ2n) is 4.18. The van der Waals surface area contributed by atoms with E-state index >= 15 is 0 Å². The van der Waals surface area contributed by atoms with Gasteiger partial charge in [-0.15, -0.1) is 0 Å². The topological polar surface area (TPSA) is 35.2 Å². The normalized spacial score (nSPS) is 17.2. The molecule has 0 aliphatic carbocycles. The Kier molecular flexibility index (Phi) is 4.32. The van der Waals surface area contributed by atoms with Crippen LogP contribution in [0.25, 0.3) is 0 Å². The highest BCUT2D eigenvalue weighted by Crippen LogP contribution is 2.27. The van der Waals surface area contributed by atoms with Crippen molar-refractivity contribution >= 4 is 23.2 Å². The van der Waals surface area contributed by atoms with Gasteiger partial charge in [0.15, 0.2) is 0 Å². The van der Waals surface area contributed by atoms with Gasteiger partial charge < -0.3 is 10.5 Å². The molecule has 4 heteroatoms. The van der Waals surface area contributed by atoms with Crippen LogP contribution in [0.3, 0.4) is 0 Å². The first-order valence-electron chi connectivity index (χ1n) is 5.67. The third-order valence-corrected chi connectivity index (χ3v) is 3.63. The summed E-state index contributed by atoms with van der Waals surface area (Å²) in [5.74, 6) is 0. The van der Waals surface area contributed by atoms with E-state index in [1.807, 2.05) is 18.2 Å². The van der Waals surface area contributed by atoms with Crippen molar-refractivity contribution in [3.63, 3.8) is 0 Å². The minimum Gasteiger partial charge on any atom is -0.501 e. The molecule has 2 nitrogen and oxygen atoms in total. The molecular formula is C13H15Cl2NO. The molecule has 1 unspecified atom stereocenters. The highest BCUT2D eigenvalue weighted by atomic mass is 35.5. The van der Waals surface area contributed by atoms with Gasteiger partial charge in [0.05, 0.1) is 12.9 Å². The van der Waals surface area contributed by atoms with E-state index in [9.17, 15) is 0 Å². The largest absolute Gasteiger partial charge is 0.501 e. The van der Waals surface area contributed by atoms with Gasteiger partial charge in [0.2, 0.25) is 0 Å². The monoisotopic (exact) mass is 271 g/mol. The molecular weight excluding hydrogens is 257 g/mol. The van der Waals surface area contributed by atoms with Crippen molar-refractivity contribution in [3.05, 3.63) is 45.6 Å². The van der Waals surface area contributed by atoms with E-state index in [0.717, 1.165) is 30.6 Å². The van der Waals surface area contributed by atoms with Gasteiger partial charge in [-0.3, -0.25) is 0 Å². The van der Waals surface area contributed by atoms with Gasteiger partial charge in [0.25, 0.3) is 0 Å². The van der Waals surface area contributed by atoms with Crippen LogP contribution < -0.4 is 5.73 Å². The summed E-state index contributed by atoms with van der Waals surface area (Å²) in [5, 5.41) is 1.34. The summed E-state index contributed by atoms with van der Waals surface area (Å²) in [4.78, 5) is 0. The second kappa shape index (κ2) is 5.76. The molecule has 0 saturated carbocycles. The fourth-order valence-electron chi connectivity index (χ4n) is 1.94. The van der Waals surface area contributed by atoms with Crippen LogP contribution in [0.4, 0.5) is 0 Å². The van der Waals surface area contributed by atoms with Crippen LogP contribution in [0.5, 0.6) is 0 Å². The van der Waals surface area contributed by atoms with Crippen molar-refractivity contribution in [1.82, 2.24) is 0 Å². The maximum absolute atomic E-state index is 6.15. The fourth-order valence-corrected chi connectivity index (χ4v) is 2.49. The van der Waals surface area contributed by atoms with Crippen LogP contribution in [0.15, 0.2) is 30.0 Å². The van der Waals surface area contributed by atoms with Gasteiger partial charge in [0.1, 0.15) is 0 Å². The van der Waals surface area contributed by atoms with E-state index in [2.05, 4.69) is 0 Å². The Balaban J connectivity index is 2.12. The molecule has 92 valence electrons. The zero-order valence-corrected chi connectivity index (χ0v) is 11.0. The summed E-state index contributed by atoms with van der Waals surface area (Å²) in [7, 11) is 0. The SMILES string of the molecule is NC(Cc1c(Cl)cccc1Cl)C1=COCCC1. The Labute approximate surface area is 111 Å². The zero-order chi connectivity index (χ0) is 12.3. The molecule has 0 saturated heterocycles. The van der Waals surface area contributed by atoms with E-state index in [0.29, 0.717) is 16.5 Å². The number of ether oxygens (including phenoxy) is 1. The van der Waals surface area contributed by atoms with E-state index in [1.54, 1.807) is 6.26 Å². The first kappa shape index (κ1) is 12.7. The summed E-state index contributed by atoms with van der Waals surface area (Å²) >= 11 is 12.2.